The third-order valence-electron chi connectivity index (χ3n) is 4.19. The molecule has 2 heterocycles. The van der Waals surface area contributed by atoms with E-state index in [0.717, 1.165) is 23.0 Å². The van der Waals surface area contributed by atoms with Gasteiger partial charge in [0.05, 0.1) is 41.4 Å². The number of aromatic nitrogens is 2. The van der Waals surface area contributed by atoms with Crippen LogP contribution in [0.2, 0.25) is 10.0 Å². The maximum atomic E-state index is 13.1. The highest BCUT2D eigenvalue weighted by atomic mass is 35.5. The average Bonchev–Trinajstić information content (AvgIpc) is 2.68. The number of halogens is 5. The van der Waals surface area contributed by atoms with E-state index in [0.29, 0.717) is 32.0 Å². The third-order valence-corrected chi connectivity index (χ3v) is 4.93. The van der Waals surface area contributed by atoms with Crippen LogP contribution in [0.15, 0.2) is 29.2 Å². The van der Waals surface area contributed by atoms with Gasteiger partial charge >= 0.3 is 6.18 Å². The minimum absolute atomic E-state index is 0.0279. The van der Waals surface area contributed by atoms with Crippen molar-refractivity contribution in [3.8, 4) is 0 Å². The van der Waals surface area contributed by atoms with Crippen molar-refractivity contribution in [1.29, 1.82) is 0 Å². The highest BCUT2D eigenvalue weighted by molar-refractivity contribution is 6.41. The maximum Gasteiger partial charge on any atom is 0.416 e. The van der Waals surface area contributed by atoms with Crippen molar-refractivity contribution in [2.75, 3.05) is 36.5 Å². The lowest BCUT2D eigenvalue weighted by atomic mass is 10.1. The van der Waals surface area contributed by atoms with Gasteiger partial charge in [0.1, 0.15) is 11.6 Å². The summed E-state index contributed by atoms with van der Waals surface area (Å²) in [5.41, 5.74) is -1.30. The molecule has 1 saturated heterocycles. The number of anilines is 2. The highest BCUT2D eigenvalue weighted by Crippen LogP contribution is 2.35. The van der Waals surface area contributed by atoms with Crippen LogP contribution in [0.1, 0.15) is 5.56 Å². The molecule has 12 heteroatoms. The first-order valence-corrected chi connectivity index (χ1v) is 9.17. The summed E-state index contributed by atoms with van der Waals surface area (Å²) >= 11 is 11.4. The number of ether oxygens (including phenoxy) is 1. The Morgan fingerprint density at radius 3 is 2.59 bits per heavy atom. The Bertz CT molecular complexity index is 975. The number of rotatable bonds is 4. The van der Waals surface area contributed by atoms with Crippen LogP contribution in [0.4, 0.5) is 24.5 Å². The van der Waals surface area contributed by atoms with E-state index >= 15 is 0 Å². The van der Waals surface area contributed by atoms with E-state index < -0.39 is 29.8 Å². The fourth-order valence-corrected chi connectivity index (χ4v) is 3.05. The number of amides is 1. The van der Waals surface area contributed by atoms with Gasteiger partial charge < -0.3 is 15.0 Å². The molecule has 0 atom stereocenters. The molecule has 1 aliphatic rings. The second kappa shape index (κ2) is 8.60. The largest absolute Gasteiger partial charge is 0.416 e. The number of morpholine rings is 1. The molecule has 156 valence electrons. The Hall–Kier alpha value is -2.30. The summed E-state index contributed by atoms with van der Waals surface area (Å²) in [6.07, 6.45) is -3.48. The summed E-state index contributed by atoms with van der Waals surface area (Å²) in [5.74, 6) is -0.744. The lowest BCUT2D eigenvalue weighted by Crippen LogP contribution is -2.37. The van der Waals surface area contributed by atoms with Crippen molar-refractivity contribution in [3.05, 3.63) is 50.4 Å². The molecule has 0 aliphatic carbocycles. The van der Waals surface area contributed by atoms with Crippen LogP contribution in [0, 0.1) is 0 Å². The number of nitrogens with one attached hydrogen (secondary N) is 1. The molecular formula is C17H15Cl2F3N4O3. The number of hydrogen-bond acceptors (Lipinski definition) is 5. The van der Waals surface area contributed by atoms with E-state index in [4.69, 9.17) is 27.9 Å². The van der Waals surface area contributed by atoms with Crippen LogP contribution in [0.25, 0.3) is 0 Å². The molecule has 1 aromatic carbocycles. The SMILES string of the molecule is O=C(Cn1ncc(Cl)c(Cl)c1=O)Nc1cc(C(F)(F)F)ccc1N1CCOCC1. The predicted octanol–water partition coefficient (Wildman–Crippen LogP) is 3.04. The standard InChI is InChI=1S/C17H15Cl2F3N4O3/c18-11-8-23-26(16(28)15(11)19)9-14(27)24-12-7-10(17(20,21)22)1-2-13(12)25-3-5-29-6-4-25/h1-2,7-8H,3-6,9H2,(H,24,27). The van der Waals surface area contributed by atoms with Crippen molar-refractivity contribution in [2.24, 2.45) is 0 Å². The van der Waals surface area contributed by atoms with Gasteiger partial charge in [-0.25, -0.2) is 4.68 Å². The molecule has 0 saturated carbocycles. The molecule has 0 unspecified atom stereocenters. The zero-order valence-corrected chi connectivity index (χ0v) is 16.3. The quantitative estimate of drug-likeness (QED) is 0.774. The predicted molar refractivity (Wildman–Crippen MR) is 102 cm³/mol. The second-order valence-electron chi connectivity index (χ2n) is 6.15. The minimum Gasteiger partial charge on any atom is -0.378 e. The Labute approximate surface area is 173 Å². The summed E-state index contributed by atoms with van der Waals surface area (Å²) in [6.45, 7) is 1.20. The Balaban J connectivity index is 1.88. The number of benzene rings is 1. The van der Waals surface area contributed by atoms with Crippen LogP contribution in [-0.4, -0.2) is 42.0 Å². The minimum atomic E-state index is -4.58. The van der Waals surface area contributed by atoms with Gasteiger partial charge in [0, 0.05) is 13.1 Å². The highest BCUT2D eigenvalue weighted by Gasteiger charge is 2.32. The number of alkyl halides is 3. The first-order chi connectivity index (χ1) is 13.7. The molecular weight excluding hydrogens is 436 g/mol. The Morgan fingerprint density at radius 2 is 1.93 bits per heavy atom. The summed E-state index contributed by atoms with van der Waals surface area (Å²) in [5, 5.41) is 5.77. The van der Waals surface area contributed by atoms with Crippen LogP contribution in [-0.2, 0) is 22.3 Å². The molecule has 0 bridgehead atoms. The van der Waals surface area contributed by atoms with E-state index in [1.807, 2.05) is 4.90 Å². The maximum absolute atomic E-state index is 13.1. The second-order valence-corrected chi connectivity index (χ2v) is 6.93. The molecule has 2 aromatic rings. The topological polar surface area (TPSA) is 76.5 Å². The van der Waals surface area contributed by atoms with Crippen LogP contribution < -0.4 is 15.8 Å². The molecule has 1 aliphatic heterocycles. The lowest BCUT2D eigenvalue weighted by molar-refractivity contribution is -0.137. The van der Waals surface area contributed by atoms with E-state index in [2.05, 4.69) is 10.4 Å². The van der Waals surface area contributed by atoms with E-state index in [1.54, 1.807) is 0 Å². The summed E-state index contributed by atoms with van der Waals surface area (Å²) in [7, 11) is 0. The average molecular weight is 451 g/mol. The van der Waals surface area contributed by atoms with Gasteiger partial charge in [-0.2, -0.15) is 18.3 Å². The van der Waals surface area contributed by atoms with Gasteiger partial charge in [0.15, 0.2) is 0 Å². The lowest BCUT2D eigenvalue weighted by Gasteiger charge is -2.31. The van der Waals surface area contributed by atoms with Crippen molar-refractivity contribution in [1.82, 2.24) is 9.78 Å². The molecule has 0 spiro atoms. The number of hydrogen-bond donors (Lipinski definition) is 1. The van der Waals surface area contributed by atoms with Crippen molar-refractivity contribution in [3.63, 3.8) is 0 Å². The van der Waals surface area contributed by atoms with Gasteiger partial charge in [-0.05, 0) is 18.2 Å². The van der Waals surface area contributed by atoms with Gasteiger partial charge in [-0.15, -0.1) is 0 Å². The smallest absolute Gasteiger partial charge is 0.378 e. The molecule has 3 rings (SSSR count). The number of nitrogens with zero attached hydrogens (tertiary/aromatic N) is 3. The van der Waals surface area contributed by atoms with Gasteiger partial charge in [-0.3, -0.25) is 9.59 Å². The van der Waals surface area contributed by atoms with Crippen LogP contribution in [0.3, 0.4) is 0 Å². The molecule has 0 radical (unpaired) electrons. The van der Waals surface area contributed by atoms with Crippen LogP contribution in [0.5, 0.6) is 0 Å². The molecule has 1 aromatic heterocycles. The fraction of sp³-hybridized carbons (Fsp3) is 0.353. The summed E-state index contributed by atoms with van der Waals surface area (Å²) in [4.78, 5) is 26.2. The normalized spacial score (nSPS) is 14.7. The molecule has 1 amide bonds. The van der Waals surface area contributed by atoms with Crippen molar-refractivity contribution in [2.45, 2.75) is 12.7 Å². The molecule has 1 fully saturated rings. The first-order valence-electron chi connectivity index (χ1n) is 8.41. The van der Waals surface area contributed by atoms with Crippen molar-refractivity contribution < 1.29 is 22.7 Å². The molecule has 29 heavy (non-hydrogen) atoms. The van der Waals surface area contributed by atoms with E-state index in [9.17, 15) is 22.8 Å². The van der Waals surface area contributed by atoms with Crippen LogP contribution >= 0.6 is 23.2 Å². The molecule has 7 nitrogen and oxygen atoms in total. The Kier molecular flexibility index (Phi) is 6.35. The zero-order chi connectivity index (χ0) is 21.2. The van der Waals surface area contributed by atoms with Gasteiger partial charge in [0.25, 0.3) is 5.56 Å². The Morgan fingerprint density at radius 1 is 1.24 bits per heavy atom. The van der Waals surface area contributed by atoms with Gasteiger partial charge in [-0.1, -0.05) is 23.2 Å². The van der Waals surface area contributed by atoms with Crippen molar-refractivity contribution >= 4 is 40.5 Å². The first kappa shape index (κ1) is 21.4. The summed E-state index contributed by atoms with van der Waals surface area (Å²) in [6, 6.07) is 3.10. The fourth-order valence-electron chi connectivity index (χ4n) is 2.78. The van der Waals surface area contributed by atoms with E-state index in [-0.39, 0.29) is 15.7 Å². The van der Waals surface area contributed by atoms with E-state index in [1.165, 1.54) is 6.07 Å². The monoisotopic (exact) mass is 450 g/mol. The van der Waals surface area contributed by atoms with Gasteiger partial charge in [0.2, 0.25) is 5.91 Å². The number of carbonyl (C=O) groups is 1. The molecule has 1 N–H and O–H groups in total. The number of carbonyl (C=O) groups excluding carboxylic acids is 1. The third kappa shape index (κ3) is 5.01. The summed E-state index contributed by atoms with van der Waals surface area (Å²) < 4.78 is 45.4. The zero-order valence-electron chi connectivity index (χ0n) is 14.8.